The molecule has 3 heterocycles. The number of pyridine rings is 1. The molecule has 0 amide bonds. The Kier molecular flexibility index (Phi) is 3.50. The summed E-state index contributed by atoms with van der Waals surface area (Å²) < 4.78 is 1.51. The second-order valence-corrected chi connectivity index (χ2v) is 6.01. The Morgan fingerprint density at radius 3 is 2.86 bits per heavy atom. The van der Waals surface area contributed by atoms with Crippen LogP contribution in [-0.4, -0.2) is 36.2 Å². The molecular formula is C15H17N5O2. The topological polar surface area (TPSA) is 96.7 Å². The van der Waals surface area contributed by atoms with Crippen molar-refractivity contribution in [2.45, 2.75) is 20.4 Å². The van der Waals surface area contributed by atoms with Crippen molar-refractivity contribution in [3.63, 3.8) is 0 Å². The molecule has 0 radical (unpaired) electrons. The third kappa shape index (κ3) is 2.62. The summed E-state index contributed by atoms with van der Waals surface area (Å²) >= 11 is 0. The van der Waals surface area contributed by atoms with Crippen LogP contribution in [0.25, 0.3) is 22.6 Å². The van der Waals surface area contributed by atoms with Crippen molar-refractivity contribution in [1.82, 2.24) is 24.5 Å². The van der Waals surface area contributed by atoms with Crippen LogP contribution in [0.2, 0.25) is 0 Å². The second kappa shape index (κ2) is 5.34. The van der Waals surface area contributed by atoms with E-state index in [1.54, 1.807) is 18.6 Å². The molecule has 0 aliphatic carbocycles. The first-order chi connectivity index (χ1) is 10.5. The number of hydrogen-bond acceptors (Lipinski definition) is 5. The van der Waals surface area contributed by atoms with Crippen molar-refractivity contribution >= 4 is 11.3 Å². The molecule has 0 aliphatic heterocycles. The van der Waals surface area contributed by atoms with Crippen LogP contribution in [0.15, 0.2) is 35.5 Å². The first-order valence-electron chi connectivity index (χ1n) is 6.97. The van der Waals surface area contributed by atoms with Gasteiger partial charge in [-0.25, -0.2) is 14.8 Å². The Hall–Kier alpha value is -2.54. The average Bonchev–Trinajstić information content (AvgIpc) is 2.83. The van der Waals surface area contributed by atoms with Gasteiger partial charge in [0.15, 0.2) is 11.3 Å². The van der Waals surface area contributed by atoms with E-state index >= 15 is 0 Å². The zero-order valence-corrected chi connectivity index (χ0v) is 12.4. The predicted octanol–water partition coefficient (Wildman–Crippen LogP) is 1.20. The number of fused-ring (bicyclic) bond motifs is 1. The number of hydrogen-bond donors (Lipinski definition) is 2. The molecule has 0 fully saturated rings. The molecule has 2 N–H and O–H groups in total. The van der Waals surface area contributed by atoms with Crippen LogP contribution in [0, 0.1) is 5.41 Å². The van der Waals surface area contributed by atoms with E-state index in [1.165, 1.54) is 4.57 Å². The number of nitrogens with one attached hydrogen (secondary N) is 1. The Morgan fingerprint density at radius 1 is 1.36 bits per heavy atom. The molecule has 0 saturated heterocycles. The minimum absolute atomic E-state index is 0.0260. The van der Waals surface area contributed by atoms with Crippen molar-refractivity contribution in [2.24, 2.45) is 5.41 Å². The smallest absolute Gasteiger partial charge is 0.328 e. The highest BCUT2D eigenvalue weighted by Crippen LogP contribution is 2.20. The Balaban J connectivity index is 2.13. The molecule has 7 nitrogen and oxygen atoms in total. The number of H-pyrrole nitrogens is 1. The molecule has 22 heavy (non-hydrogen) atoms. The van der Waals surface area contributed by atoms with Gasteiger partial charge in [-0.05, 0) is 12.1 Å². The van der Waals surface area contributed by atoms with E-state index in [2.05, 4.69) is 19.9 Å². The lowest BCUT2D eigenvalue weighted by molar-refractivity contribution is 0.141. The van der Waals surface area contributed by atoms with E-state index in [-0.39, 0.29) is 12.3 Å². The SMILES string of the molecule is CC(C)(CO)Cn1c(=O)[nH]c2ncc(-c3cccnc3)nc21. The quantitative estimate of drug-likeness (QED) is 0.754. The van der Waals surface area contributed by atoms with Gasteiger partial charge in [-0.2, -0.15) is 0 Å². The van der Waals surface area contributed by atoms with Crippen molar-refractivity contribution < 1.29 is 5.11 Å². The molecule has 0 atom stereocenters. The van der Waals surface area contributed by atoms with Gasteiger partial charge in [0.2, 0.25) is 0 Å². The summed E-state index contributed by atoms with van der Waals surface area (Å²) in [6, 6.07) is 3.70. The molecule has 114 valence electrons. The largest absolute Gasteiger partial charge is 0.396 e. The van der Waals surface area contributed by atoms with E-state index in [0.29, 0.717) is 23.5 Å². The van der Waals surface area contributed by atoms with Crippen LogP contribution in [0.4, 0.5) is 0 Å². The molecule has 0 bridgehead atoms. The van der Waals surface area contributed by atoms with Gasteiger partial charge in [0.1, 0.15) is 0 Å². The first kappa shape index (κ1) is 14.4. The zero-order valence-electron chi connectivity index (χ0n) is 12.4. The van der Waals surface area contributed by atoms with Gasteiger partial charge in [0.05, 0.1) is 11.9 Å². The standard InChI is InChI=1S/C15H17N5O2/c1-15(2,9-21)8-20-13-12(19-14(20)22)17-7-11(18-13)10-4-3-5-16-6-10/h3-7,21H,8-9H2,1-2H3,(H,17,19,22). The first-order valence-corrected chi connectivity index (χ1v) is 6.97. The lowest BCUT2D eigenvalue weighted by Crippen LogP contribution is -2.29. The second-order valence-electron chi connectivity index (χ2n) is 6.01. The Morgan fingerprint density at radius 2 is 2.18 bits per heavy atom. The number of rotatable bonds is 4. The van der Waals surface area contributed by atoms with Crippen LogP contribution < -0.4 is 5.69 Å². The summed E-state index contributed by atoms with van der Waals surface area (Å²) in [4.78, 5) is 27.7. The lowest BCUT2D eigenvalue weighted by atomic mass is 9.95. The number of imidazole rings is 1. The van der Waals surface area contributed by atoms with Gasteiger partial charge in [-0.1, -0.05) is 13.8 Å². The maximum Gasteiger partial charge on any atom is 0.328 e. The molecule has 0 aliphatic rings. The summed E-state index contributed by atoms with van der Waals surface area (Å²) in [5, 5.41) is 9.42. The summed E-state index contributed by atoms with van der Waals surface area (Å²) in [7, 11) is 0. The highest BCUT2D eigenvalue weighted by Gasteiger charge is 2.21. The van der Waals surface area contributed by atoms with Crippen LogP contribution in [0.1, 0.15) is 13.8 Å². The van der Waals surface area contributed by atoms with Gasteiger partial charge in [-0.15, -0.1) is 0 Å². The lowest BCUT2D eigenvalue weighted by Gasteiger charge is -2.21. The highest BCUT2D eigenvalue weighted by molar-refractivity contribution is 5.70. The monoisotopic (exact) mass is 299 g/mol. The summed E-state index contributed by atoms with van der Waals surface area (Å²) in [5.41, 5.74) is 1.69. The molecule has 3 rings (SSSR count). The van der Waals surface area contributed by atoms with Gasteiger partial charge < -0.3 is 5.11 Å². The van der Waals surface area contributed by atoms with Crippen molar-refractivity contribution in [3.05, 3.63) is 41.2 Å². The summed E-state index contributed by atoms with van der Waals surface area (Å²) in [6.07, 6.45) is 4.99. The van der Waals surface area contributed by atoms with Gasteiger partial charge in [0.25, 0.3) is 0 Å². The third-order valence-electron chi connectivity index (χ3n) is 3.45. The minimum Gasteiger partial charge on any atom is -0.396 e. The maximum absolute atomic E-state index is 12.1. The summed E-state index contributed by atoms with van der Waals surface area (Å²) in [5.74, 6) is 0. The molecule has 7 heteroatoms. The number of aliphatic hydroxyl groups excluding tert-OH is 1. The van der Waals surface area contributed by atoms with Crippen LogP contribution in [0.5, 0.6) is 0 Å². The fraction of sp³-hybridized carbons (Fsp3) is 0.333. The van der Waals surface area contributed by atoms with Crippen LogP contribution in [-0.2, 0) is 6.54 Å². The molecule has 3 aromatic rings. The molecular weight excluding hydrogens is 282 g/mol. The van der Waals surface area contributed by atoms with Crippen molar-refractivity contribution in [3.8, 4) is 11.3 Å². The number of nitrogens with zero attached hydrogens (tertiary/aromatic N) is 4. The van der Waals surface area contributed by atoms with Crippen LogP contribution in [0.3, 0.4) is 0 Å². The maximum atomic E-state index is 12.1. The molecule has 0 saturated carbocycles. The third-order valence-corrected chi connectivity index (χ3v) is 3.45. The average molecular weight is 299 g/mol. The zero-order chi connectivity index (χ0) is 15.7. The highest BCUT2D eigenvalue weighted by atomic mass is 16.3. The molecule has 0 aromatic carbocycles. The fourth-order valence-electron chi connectivity index (χ4n) is 2.20. The van der Waals surface area contributed by atoms with E-state index < -0.39 is 5.41 Å². The summed E-state index contributed by atoms with van der Waals surface area (Å²) in [6.45, 7) is 4.10. The number of aliphatic hydroxyl groups is 1. The van der Waals surface area contributed by atoms with Crippen LogP contribution >= 0.6 is 0 Å². The Labute approximate surface area is 126 Å². The van der Waals surface area contributed by atoms with Crippen molar-refractivity contribution in [2.75, 3.05) is 6.61 Å². The molecule has 3 aromatic heterocycles. The van der Waals surface area contributed by atoms with E-state index in [0.717, 1.165) is 5.56 Å². The van der Waals surface area contributed by atoms with E-state index in [9.17, 15) is 9.90 Å². The van der Waals surface area contributed by atoms with Gasteiger partial charge in [0, 0.05) is 36.5 Å². The Bertz CT molecular complexity index is 851. The van der Waals surface area contributed by atoms with E-state index in [4.69, 9.17) is 0 Å². The molecule has 0 unspecified atom stereocenters. The fourth-order valence-corrected chi connectivity index (χ4v) is 2.20. The van der Waals surface area contributed by atoms with Gasteiger partial charge >= 0.3 is 5.69 Å². The predicted molar refractivity (Wildman–Crippen MR) is 82.2 cm³/mol. The van der Waals surface area contributed by atoms with E-state index in [1.807, 2.05) is 26.0 Å². The number of aromatic amines is 1. The minimum atomic E-state index is -0.426. The van der Waals surface area contributed by atoms with Crippen molar-refractivity contribution in [1.29, 1.82) is 0 Å². The molecule has 0 spiro atoms. The normalized spacial score (nSPS) is 12.0. The van der Waals surface area contributed by atoms with Gasteiger partial charge in [-0.3, -0.25) is 14.5 Å². The number of aromatic nitrogens is 5.